The van der Waals surface area contributed by atoms with E-state index < -0.39 is 0 Å². The van der Waals surface area contributed by atoms with Gasteiger partial charge in [-0.2, -0.15) is 0 Å². The van der Waals surface area contributed by atoms with Gasteiger partial charge in [-0.1, -0.05) is 13.8 Å². The lowest BCUT2D eigenvalue weighted by Gasteiger charge is -2.37. The molecule has 0 aromatic carbocycles. The molecule has 0 radical (unpaired) electrons. The first kappa shape index (κ1) is 14.3. The summed E-state index contributed by atoms with van der Waals surface area (Å²) in [5.74, 6) is 0. The number of hydrogen-bond acceptors (Lipinski definition) is 3. The maximum Gasteiger partial charge on any atom is 0.0702 e. The lowest BCUT2D eigenvalue weighted by Crippen LogP contribution is -2.51. The van der Waals surface area contributed by atoms with Crippen LogP contribution in [0.2, 0.25) is 0 Å². The Hall–Kier alpha value is -0.120. The van der Waals surface area contributed by atoms with Gasteiger partial charge >= 0.3 is 0 Å². The normalized spacial score (nSPS) is 30.0. The molecule has 0 aliphatic carbocycles. The molecule has 3 heteroatoms. The first-order chi connectivity index (χ1) is 8.78. The summed E-state index contributed by atoms with van der Waals surface area (Å²) in [4.78, 5) is 2.64. The second kappa shape index (κ2) is 6.88. The van der Waals surface area contributed by atoms with Crippen molar-refractivity contribution in [3.63, 3.8) is 0 Å². The summed E-state index contributed by atoms with van der Waals surface area (Å²) in [5.41, 5.74) is 0.338. The van der Waals surface area contributed by atoms with E-state index in [2.05, 4.69) is 24.1 Å². The number of nitrogens with one attached hydrogen (secondary N) is 1. The third-order valence-corrected chi connectivity index (χ3v) is 4.77. The molecule has 1 N–H and O–H groups in total. The number of rotatable bonds is 4. The van der Waals surface area contributed by atoms with Crippen molar-refractivity contribution in [3.8, 4) is 0 Å². The number of hydrogen-bond donors (Lipinski definition) is 1. The Kier molecular flexibility index (Phi) is 5.46. The lowest BCUT2D eigenvalue weighted by molar-refractivity contribution is -0.00866. The van der Waals surface area contributed by atoms with Gasteiger partial charge in [-0.3, -0.25) is 4.90 Å². The van der Waals surface area contributed by atoms with Crippen LogP contribution in [0.5, 0.6) is 0 Å². The Labute approximate surface area is 112 Å². The second-order valence-electron chi connectivity index (χ2n) is 5.99. The Morgan fingerprint density at radius 2 is 2.06 bits per heavy atom. The first-order valence-electron chi connectivity index (χ1n) is 7.87. The van der Waals surface area contributed by atoms with E-state index in [1.165, 1.54) is 58.2 Å². The van der Waals surface area contributed by atoms with Crippen LogP contribution in [0, 0.1) is 0 Å². The van der Waals surface area contributed by atoms with Crippen molar-refractivity contribution in [1.82, 2.24) is 10.2 Å². The zero-order chi connectivity index (χ0) is 12.8. The van der Waals surface area contributed by atoms with Gasteiger partial charge in [0.2, 0.25) is 0 Å². The zero-order valence-electron chi connectivity index (χ0n) is 12.2. The molecule has 0 aromatic rings. The molecule has 1 atom stereocenters. The summed E-state index contributed by atoms with van der Waals surface area (Å²) >= 11 is 0. The van der Waals surface area contributed by atoms with Crippen LogP contribution in [0.1, 0.15) is 52.4 Å². The molecular weight excluding hydrogens is 224 g/mol. The van der Waals surface area contributed by atoms with E-state index in [0.717, 1.165) is 13.2 Å². The Balaban J connectivity index is 1.89. The van der Waals surface area contributed by atoms with Crippen LogP contribution in [0.4, 0.5) is 0 Å². The van der Waals surface area contributed by atoms with Gasteiger partial charge in [0.25, 0.3) is 0 Å². The highest BCUT2D eigenvalue weighted by molar-refractivity contribution is 4.91. The lowest BCUT2D eigenvalue weighted by atomic mass is 9.92. The molecule has 2 fully saturated rings. The van der Waals surface area contributed by atoms with E-state index in [0.29, 0.717) is 11.6 Å². The highest BCUT2D eigenvalue weighted by Gasteiger charge is 2.31. The minimum atomic E-state index is 0.338. The monoisotopic (exact) mass is 254 g/mol. The summed E-state index contributed by atoms with van der Waals surface area (Å²) in [7, 11) is 0. The SMILES string of the molecule is CCC1(CC)CN(CC2CCCCO2)CCCN1. The zero-order valence-corrected chi connectivity index (χ0v) is 12.2. The quantitative estimate of drug-likeness (QED) is 0.834. The van der Waals surface area contributed by atoms with E-state index in [1.807, 2.05) is 0 Å². The molecule has 2 rings (SSSR count). The standard InChI is InChI=1S/C15H30N2O/c1-3-15(4-2)13-17(10-7-9-16-15)12-14-8-5-6-11-18-14/h14,16H,3-13H2,1-2H3. The Morgan fingerprint density at radius 3 is 2.72 bits per heavy atom. The van der Waals surface area contributed by atoms with Crippen LogP contribution in [0.3, 0.4) is 0 Å². The fraction of sp³-hybridized carbons (Fsp3) is 1.00. The number of ether oxygens (including phenoxy) is 1. The summed E-state index contributed by atoms with van der Waals surface area (Å²) in [6.45, 7) is 10.3. The third-order valence-electron chi connectivity index (χ3n) is 4.77. The number of nitrogens with zero attached hydrogens (tertiary/aromatic N) is 1. The summed E-state index contributed by atoms with van der Waals surface area (Å²) in [5, 5.41) is 3.78. The van der Waals surface area contributed by atoms with Crippen molar-refractivity contribution in [2.45, 2.75) is 64.0 Å². The summed E-state index contributed by atoms with van der Waals surface area (Å²) in [6, 6.07) is 0. The molecule has 2 aliphatic rings. The molecule has 2 saturated heterocycles. The van der Waals surface area contributed by atoms with Crippen molar-refractivity contribution >= 4 is 0 Å². The van der Waals surface area contributed by atoms with Gasteiger partial charge in [0.15, 0.2) is 0 Å². The van der Waals surface area contributed by atoms with Gasteiger partial charge in [-0.15, -0.1) is 0 Å². The van der Waals surface area contributed by atoms with Gasteiger partial charge in [0.1, 0.15) is 0 Å². The van der Waals surface area contributed by atoms with Crippen molar-refractivity contribution in [1.29, 1.82) is 0 Å². The second-order valence-corrected chi connectivity index (χ2v) is 5.99. The maximum absolute atomic E-state index is 5.89. The van der Waals surface area contributed by atoms with Crippen LogP contribution in [0.15, 0.2) is 0 Å². The maximum atomic E-state index is 5.89. The molecule has 106 valence electrons. The topological polar surface area (TPSA) is 24.5 Å². The fourth-order valence-electron chi connectivity index (χ4n) is 3.34. The predicted octanol–water partition coefficient (Wildman–Crippen LogP) is 2.41. The highest BCUT2D eigenvalue weighted by Crippen LogP contribution is 2.21. The van der Waals surface area contributed by atoms with Crippen molar-refractivity contribution in [3.05, 3.63) is 0 Å². The van der Waals surface area contributed by atoms with E-state index in [4.69, 9.17) is 4.74 Å². The molecule has 0 spiro atoms. The van der Waals surface area contributed by atoms with Crippen molar-refractivity contribution < 1.29 is 4.74 Å². The molecule has 0 bridgehead atoms. The van der Waals surface area contributed by atoms with Crippen LogP contribution in [-0.2, 0) is 4.74 Å². The molecule has 3 nitrogen and oxygen atoms in total. The molecule has 0 amide bonds. The molecule has 2 heterocycles. The van der Waals surface area contributed by atoms with Gasteiger partial charge in [-0.25, -0.2) is 0 Å². The largest absolute Gasteiger partial charge is 0.377 e. The molecule has 1 unspecified atom stereocenters. The van der Waals surface area contributed by atoms with Crippen molar-refractivity contribution in [2.75, 3.05) is 32.8 Å². The minimum absolute atomic E-state index is 0.338. The molecule has 18 heavy (non-hydrogen) atoms. The average molecular weight is 254 g/mol. The van der Waals surface area contributed by atoms with E-state index in [1.54, 1.807) is 0 Å². The Bertz CT molecular complexity index is 235. The van der Waals surface area contributed by atoms with Crippen LogP contribution < -0.4 is 5.32 Å². The molecule has 0 saturated carbocycles. The average Bonchev–Trinajstić information content (AvgIpc) is 2.63. The predicted molar refractivity (Wildman–Crippen MR) is 76.0 cm³/mol. The van der Waals surface area contributed by atoms with Gasteiger partial charge in [0, 0.05) is 25.2 Å². The molecule has 0 aromatic heterocycles. The Morgan fingerprint density at radius 1 is 1.22 bits per heavy atom. The minimum Gasteiger partial charge on any atom is -0.377 e. The molecular formula is C15H30N2O. The third kappa shape index (κ3) is 3.69. The smallest absolute Gasteiger partial charge is 0.0702 e. The van der Waals surface area contributed by atoms with Crippen molar-refractivity contribution in [2.24, 2.45) is 0 Å². The van der Waals surface area contributed by atoms with Gasteiger partial charge in [0.05, 0.1) is 6.10 Å². The fourth-order valence-corrected chi connectivity index (χ4v) is 3.34. The van der Waals surface area contributed by atoms with Crippen LogP contribution in [-0.4, -0.2) is 49.3 Å². The highest BCUT2D eigenvalue weighted by atomic mass is 16.5. The van der Waals surface area contributed by atoms with Gasteiger partial charge < -0.3 is 10.1 Å². The first-order valence-corrected chi connectivity index (χ1v) is 7.87. The van der Waals surface area contributed by atoms with E-state index >= 15 is 0 Å². The van der Waals surface area contributed by atoms with E-state index in [-0.39, 0.29) is 0 Å². The molecule has 2 aliphatic heterocycles. The van der Waals surface area contributed by atoms with Crippen LogP contribution in [0.25, 0.3) is 0 Å². The summed E-state index contributed by atoms with van der Waals surface area (Å²) in [6.07, 6.45) is 8.08. The van der Waals surface area contributed by atoms with Gasteiger partial charge in [-0.05, 0) is 51.6 Å². The van der Waals surface area contributed by atoms with E-state index in [9.17, 15) is 0 Å². The summed E-state index contributed by atoms with van der Waals surface area (Å²) < 4.78 is 5.89. The van der Waals surface area contributed by atoms with Crippen LogP contribution >= 0.6 is 0 Å².